The maximum atomic E-state index is 11.3. The molecule has 3 nitrogen and oxygen atoms in total. The lowest BCUT2D eigenvalue weighted by atomic mass is 10.2. The van der Waals surface area contributed by atoms with E-state index < -0.39 is 0 Å². The molecule has 0 aromatic carbocycles. The van der Waals surface area contributed by atoms with Gasteiger partial charge in [0.15, 0.2) is 0 Å². The van der Waals surface area contributed by atoms with Gasteiger partial charge in [0, 0.05) is 25.6 Å². The number of hydrogen-bond acceptors (Lipinski definition) is 2. The maximum absolute atomic E-state index is 11.3. The molecule has 0 aromatic heterocycles. The van der Waals surface area contributed by atoms with Crippen molar-refractivity contribution in [1.29, 1.82) is 0 Å². The zero-order chi connectivity index (χ0) is 8.97. The van der Waals surface area contributed by atoms with E-state index in [9.17, 15) is 4.79 Å². The van der Waals surface area contributed by atoms with Gasteiger partial charge in [-0.3, -0.25) is 4.79 Å². The summed E-state index contributed by atoms with van der Waals surface area (Å²) in [5.41, 5.74) is 5.56. The van der Waals surface area contributed by atoms with Gasteiger partial charge in [-0.1, -0.05) is 13.3 Å². The Morgan fingerprint density at radius 2 is 2.42 bits per heavy atom. The van der Waals surface area contributed by atoms with Crippen molar-refractivity contribution >= 4 is 5.91 Å². The van der Waals surface area contributed by atoms with Gasteiger partial charge in [-0.15, -0.1) is 0 Å². The summed E-state index contributed by atoms with van der Waals surface area (Å²) < 4.78 is 0. The van der Waals surface area contributed by atoms with Crippen LogP contribution in [0.1, 0.15) is 32.6 Å². The predicted octanol–water partition coefficient (Wildman–Crippen LogP) is 0.736. The van der Waals surface area contributed by atoms with Crippen LogP contribution in [-0.2, 0) is 4.79 Å². The molecule has 0 saturated carbocycles. The smallest absolute Gasteiger partial charge is 0.222 e. The standard InChI is InChI=1S/C9H18N2O/c1-2-3-6-11-8(7-10)4-5-9(11)12/h8H,2-7,10H2,1H3/t8-/m1/s1. The summed E-state index contributed by atoms with van der Waals surface area (Å²) in [5, 5.41) is 0. The SMILES string of the molecule is CCCCN1C(=O)CC[C@@H]1CN. The molecule has 1 saturated heterocycles. The molecule has 12 heavy (non-hydrogen) atoms. The lowest BCUT2D eigenvalue weighted by Gasteiger charge is -2.23. The van der Waals surface area contributed by atoms with Crippen LogP contribution < -0.4 is 5.73 Å². The molecule has 0 aromatic rings. The number of rotatable bonds is 4. The van der Waals surface area contributed by atoms with Crippen LogP contribution in [0, 0.1) is 0 Å². The fraction of sp³-hybridized carbons (Fsp3) is 0.889. The molecule has 0 radical (unpaired) electrons. The average molecular weight is 170 g/mol. The van der Waals surface area contributed by atoms with Crippen LogP contribution in [0.2, 0.25) is 0 Å². The summed E-state index contributed by atoms with van der Waals surface area (Å²) in [5.74, 6) is 0.291. The Morgan fingerprint density at radius 1 is 1.67 bits per heavy atom. The lowest BCUT2D eigenvalue weighted by molar-refractivity contribution is -0.128. The van der Waals surface area contributed by atoms with E-state index in [1.807, 2.05) is 4.90 Å². The fourth-order valence-electron chi connectivity index (χ4n) is 1.67. The quantitative estimate of drug-likeness (QED) is 0.676. The van der Waals surface area contributed by atoms with Crippen LogP contribution in [0.5, 0.6) is 0 Å². The normalized spacial score (nSPS) is 23.7. The number of nitrogens with zero attached hydrogens (tertiary/aromatic N) is 1. The zero-order valence-corrected chi connectivity index (χ0v) is 7.75. The average Bonchev–Trinajstić information content (AvgIpc) is 2.43. The van der Waals surface area contributed by atoms with E-state index in [0.29, 0.717) is 24.9 Å². The second-order valence-corrected chi connectivity index (χ2v) is 3.37. The molecule has 1 heterocycles. The highest BCUT2D eigenvalue weighted by atomic mass is 16.2. The molecule has 0 bridgehead atoms. The number of unbranched alkanes of at least 4 members (excludes halogenated alkanes) is 1. The van der Waals surface area contributed by atoms with Crippen molar-refractivity contribution < 1.29 is 4.79 Å². The van der Waals surface area contributed by atoms with E-state index in [2.05, 4.69) is 6.92 Å². The Bertz CT molecular complexity index is 159. The first-order chi connectivity index (χ1) is 5.79. The Morgan fingerprint density at radius 3 is 3.00 bits per heavy atom. The van der Waals surface area contributed by atoms with E-state index in [1.165, 1.54) is 0 Å². The van der Waals surface area contributed by atoms with Gasteiger partial charge in [-0.05, 0) is 12.8 Å². The number of nitrogens with two attached hydrogens (primary N) is 1. The highest BCUT2D eigenvalue weighted by Crippen LogP contribution is 2.17. The van der Waals surface area contributed by atoms with Crippen molar-refractivity contribution in [3.63, 3.8) is 0 Å². The van der Waals surface area contributed by atoms with Crippen LogP contribution in [-0.4, -0.2) is 29.9 Å². The number of hydrogen-bond donors (Lipinski definition) is 1. The molecule has 1 aliphatic rings. The van der Waals surface area contributed by atoms with E-state index >= 15 is 0 Å². The van der Waals surface area contributed by atoms with Gasteiger partial charge in [-0.25, -0.2) is 0 Å². The number of carbonyl (C=O) groups excluding carboxylic acids is 1. The Labute approximate surface area is 73.9 Å². The van der Waals surface area contributed by atoms with Crippen molar-refractivity contribution in [2.24, 2.45) is 5.73 Å². The molecule has 1 amide bonds. The molecule has 0 unspecified atom stereocenters. The van der Waals surface area contributed by atoms with Gasteiger partial charge in [0.1, 0.15) is 0 Å². The fourth-order valence-corrected chi connectivity index (χ4v) is 1.67. The maximum Gasteiger partial charge on any atom is 0.222 e. The molecule has 3 heteroatoms. The van der Waals surface area contributed by atoms with Crippen LogP contribution >= 0.6 is 0 Å². The summed E-state index contributed by atoms with van der Waals surface area (Å²) in [6.45, 7) is 3.66. The second kappa shape index (κ2) is 4.45. The number of likely N-dealkylation sites (tertiary alicyclic amines) is 1. The summed E-state index contributed by atoms with van der Waals surface area (Å²) in [4.78, 5) is 13.3. The van der Waals surface area contributed by atoms with Crippen molar-refractivity contribution in [3.05, 3.63) is 0 Å². The van der Waals surface area contributed by atoms with Crippen LogP contribution in [0.25, 0.3) is 0 Å². The minimum absolute atomic E-state index is 0.291. The molecule has 1 aliphatic heterocycles. The first-order valence-corrected chi connectivity index (χ1v) is 4.79. The first-order valence-electron chi connectivity index (χ1n) is 4.79. The summed E-state index contributed by atoms with van der Waals surface area (Å²) >= 11 is 0. The minimum Gasteiger partial charge on any atom is -0.338 e. The Hall–Kier alpha value is -0.570. The zero-order valence-electron chi connectivity index (χ0n) is 7.75. The van der Waals surface area contributed by atoms with Crippen molar-refractivity contribution in [3.8, 4) is 0 Å². The molecule has 0 aliphatic carbocycles. The molecular formula is C9H18N2O. The minimum atomic E-state index is 0.291. The van der Waals surface area contributed by atoms with Gasteiger partial charge in [0.25, 0.3) is 0 Å². The van der Waals surface area contributed by atoms with E-state index in [-0.39, 0.29) is 0 Å². The molecule has 1 atom stereocenters. The Kier molecular flexibility index (Phi) is 3.53. The van der Waals surface area contributed by atoms with Crippen molar-refractivity contribution in [2.45, 2.75) is 38.6 Å². The molecule has 0 spiro atoms. The van der Waals surface area contributed by atoms with Gasteiger partial charge < -0.3 is 10.6 Å². The lowest BCUT2D eigenvalue weighted by Crippen LogP contribution is -2.38. The third-order valence-corrected chi connectivity index (χ3v) is 2.48. The number of carbonyl (C=O) groups is 1. The van der Waals surface area contributed by atoms with Gasteiger partial charge >= 0.3 is 0 Å². The molecule has 70 valence electrons. The van der Waals surface area contributed by atoms with Gasteiger partial charge in [-0.2, -0.15) is 0 Å². The van der Waals surface area contributed by atoms with Crippen LogP contribution in [0.3, 0.4) is 0 Å². The molecule has 1 fully saturated rings. The largest absolute Gasteiger partial charge is 0.338 e. The summed E-state index contributed by atoms with van der Waals surface area (Å²) in [7, 11) is 0. The number of amides is 1. The van der Waals surface area contributed by atoms with Crippen LogP contribution in [0.15, 0.2) is 0 Å². The monoisotopic (exact) mass is 170 g/mol. The highest BCUT2D eigenvalue weighted by molar-refractivity contribution is 5.78. The van der Waals surface area contributed by atoms with E-state index in [0.717, 1.165) is 25.8 Å². The summed E-state index contributed by atoms with van der Waals surface area (Å²) in [6.07, 6.45) is 3.90. The molecule has 1 rings (SSSR count). The predicted molar refractivity (Wildman–Crippen MR) is 48.7 cm³/mol. The summed E-state index contributed by atoms with van der Waals surface area (Å²) in [6, 6.07) is 0.323. The van der Waals surface area contributed by atoms with Gasteiger partial charge in [0.05, 0.1) is 0 Å². The van der Waals surface area contributed by atoms with Crippen molar-refractivity contribution in [2.75, 3.05) is 13.1 Å². The third-order valence-electron chi connectivity index (χ3n) is 2.48. The topological polar surface area (TPSA) is 46.3 Å². The first kappa shape index (κ1) is 9.52. The van der Waals surface area contributed by atoms with Crippen LogP contribution in [0.4, 0.5) is 0 Å². The van der Waals surface area contributed by atoms with Crippen molar-refractivity contribution in [1.82, 2.24) is 4.90 Å². The van der Waals surface area contributed by atoms with E-state index in [1.54, 1.807) is 0 Å². The molecular weight excluding hydrogens is 152 g/mol. The second-order valence-electron chi connectivity index (χ2n) is 3.37. The van der Waals surface area contributed by atoms with E-state index in [4.69, 9.17) is 5.73 Å². The highest BCUT2D eigenvalue weighted by Gasteiger charge is 2.28. The Balaban J connectivity index is 2.40. The molecule has 2 N–H and O–H groups in total. The van der Waals surface area contributed by atoms with Gasteiger partial charge in [0.2, 0.25) is 5.91 Å². The third kappa shape index (κ3) is 1.97.